The van der Waals surface area contributed by atoms with Gasteiger partial charge in [0.25, 0.3) is 0 Å². The summed E-state index contributed by atoms with van der Waals surface area (Å²) in [6, 6.07) is 0.422. The number of rotatable bonds is 8. The molecule has 1 amide bonds. The molecule has 2 saturated heterocycles. The van der Waals surface area contributed by atoms with E-state index in [1.54, 1.807) is 0 Å². The van der Waals surface area contributed by atoms with E-state index < -0.39 is 0 Å². The van der Waals surface area contributed by atoms with Crippen molar-refractivity contribution in [2.45, 2.75) is 57.2 Å². The Kier molecular flexibility index (Phi) is 6.65. The van der Waals surface area contributed by atoms with Crippen LogP contribution in [0.4, 0.5) is 0 Å². The van der Waals surface area contributed by atoms with Gasteiger partial charge in [0.1, 0.15) is 0 Å². The van der Waals surface area contributed by atoms with Crippen molar-refractivity contribution in [3.8, 4) is 0 Å². The van der Waals surface area contributed by atoms with E-state index >= 15 is 0 Å². The van der Waals surface area contributed by atoms with Crippen LogP contribution in [0.1, 0.15) is 39.0 Å². The summed E-state index contributed by atoms with van der Waals surface area (Å²) in [6.07, 6.45) is 8.02. The van der Waals surface area contributed by atoms with E-state index in [2.05, 4.69) is 23.4 Å². The van der Waals surface area contributed by atoms with Gasteiger partial charge in [0.05, 0.1) is 18.8 Å². The first-order chi connectivity index (χ1) is 9.76. The maximum Gasteiger partial charge on any atom is 0.239 e. The zero-order valence-electron chi connectivity index (χ0n) is 12.8. The van der Waals surface area contributed by atoms with Crippen LogP contribution in [-0.4, -0.2) is 60.7 Å². The molecule has 5 heteroatoms. The molecule has 2 aliphatic heterocycles. The van der Waals surface area contributed by atoms with E-state index in [1.165, 1.54) is 12.8 Å². The highest BCUT2D eigenvalue weighted by molar-refractivity contribution is 7.98. The summed E-state index contributed by atoms with van der Waals surface area (Å²) in [4.78, 5) is 15.0. The molecule has 0 aromatic heterocycles. The predicted molar refractivity (Wildman–Crippen MR) is 84.2 cm³/mol. The number of carbonyl (C=O) groups excluding carboxylic acids is 1. The third-order valence-corrected chi connectivity index (χ3v) is 4.93. The van der Waals surface area contributed by atoms with Gasteiger partial charge in [-0.3, -0.25) is 4.79 Å². The Bertz CT molecular complexity index is 310. The fourth-order valence-corrected chi connectivity index (χ4v) is 3.39. The molecule has 0 radical (unpaired) electrons. The summed E-state index contributed by atoms with van der Waals surface area (Å²) >= 11 is 1.81. The number of amides is 1. The maximum atomic E-state index is 12.8. The van der Waals surface area contributed by atoms with Crippen molar-refractivity contribution in [3.63, 3.8) is 0 Å². The number of ether oxygens (including phenoxy) is 1. The summed E-state index contributed by atoms with van der Waals surface area (Å²) in [6.45, 7) is 4.79. The number of nitrogens with zero attached hydrogens (tertiary/aromatic N) is 1. The number of thioether (sulfide) groups is 1. The topological polar surface area (TPSA) is 44.9 Å². The Labute approximate surface area is 127 Å². The minimum absolute atomic E-state index is 0.0289. The first-order valence-electron chi connectivity index (χ1n) is 7.90. The number of carbonyl (C=O) groups is 1. The third kappa shape index (κ3) is 4.64. The largest absolute Gasteiger partial charge is 0.372 e. The molecule has 20 heavy (non-hydrogen) atoms. The fourth-order valence-electron chi connectivity index (χ4n) is 2.92. The van der Waals surface area contributed by atoms with Gasteiger partial charge < -0.3 is 15.0 Å². The molecule has 0 aliphatic carbocycles. The van der Waals surface area contributed by atoms with Gasteiger partial charge in [0.2, 0.25) is 5.91 Å². The number of likely N-dealkylation sites (tertiary alicyclic amines) is 1. The molecule has 2 aliphatic rings. The van der Waals surface area contributed by atoms with Gasteiger partial charge in [-0.25, -0.2) is 0 Å². The van der Waals surface area contributed by atoms with E-state index in [-0.39, 0.29) is 6.04 Å². The number of hydrogen-bond donors (Lipinski definition) is 1. The lowest BCUT2D eigenvalue weighted by Gasteiger charge is -2.37. The minimum atomic E-state index is -0.0289. The highest BCUT2D eigenvalue weighted by atomic mass is 32.2. The summed E-state index contributed by atoms with van der Waals surface area (Å²) in [5, 5.41) is 3.43. The summed E-state index contributed by atoms with van der Waals surface area (Å²) in [7, 11) is 0. The molecular weight excluding hydrogens is 272 g/mol. The third-order valence-electron chi connectivity index (χ3n) is 4.28. The smallest absolute Gasteiger partial charge is 0.239 e. The molecule has 0 spiro atoms. The molecule has 0 aromatic carbocycles. The first-order valence-corrected chi connectivity index (χ1v) is 9.30. The number of piperidine rings is 1. The number of hydrogen-bond acceptors (Lipinski definition) is 4. The lowest BCUT2D eigenvalue weighted by Crippen LogP contribution is -2.52. The fraction of sp³-hybridized carbons (Fsp3) is 0.933. The van der Waals surface area contributed by atoms with Gasteiger partial charge in [0.15, 0.2) is 0 Å². The molecule has 2 heterocycles. The molecule has 1 N–H and O–H groups in total. The molecule has 2 rings (SSSR count). The van der Waals surface area contributed by atoms with Gasteiger partial charge in [0, 0.05) is 19.1 Å². The molecule has 0 aromatic rings. The molecular formula is C15H28N2O2S. The van der Waals surface area contributed by atoms with Crippen LogP contribution in [0, 0.1) is 0 Å². The monoisotopic (exact) mass is 300 g/mol. The summed E-state index contributed by atoms with van der Waals surface area (Å²) in [5.74, 6) is 1.34. The zero-order chi connectivity index (χ0) is 14.4. The van der Waals surface area contributed by atoms with Crippen molar-refractivity contribution in [1.82, 2.24) is 10.2 Å². The Balaban J connectivity index is 1.91. The van der Waals surface area contributed by atoms with Crippen LogP contribution in [0.5, 0.6) is 0 Å². The van der Waals surface area contributed by atoms with Crippen molar-refractivity contribution in [2.24, 2.45) is 0 Å². The second-order valence-corrected chi connectivity index (χ2v) is 6.77. The second kappa shape index (κ2) is 8.25. The highest BCUT2D eigenvalue weighted by Crippen LogP contribution is 2.21. The lowest BCUT2D eigenvalue weighted by molar-refractivity contribution is -0.137. The average Bonchev–Trinajstić information content (AvgIpc) is 3.31. The van der Waals surface area contributed by atoms with Crippen LogP contribution in [0.15, 0.2) is 0 Å². The normalized spacial score (nSPS) is 27.4. The molecule has 2 fully saturated rings. The van der Waals surface area contributed by atoms with E-state index in [9.17, 15) is 4.79 Å². The van der Waals surface area contributed by atoms with E-state index in [1.807, 2.05) is 11.8 Å². The highest BCUT2D eigenvalue weighted by Gasteiger charge is 2.31. The van der Waals surface area contributed by atoms with Crippen molar-refractivity contribution >= 4 is 17.7 Å². The summed E-state index contributed by atoms with van der Waals surface area (Å²) < 4.78 is 5.24. The van der Waals surface area contributed by atoms with Crippen LogP contribution in [-0.2, 0) is 9.53 Å². The molecule has 116 valence electrons. The molecule has 3 unspecified atom stereocenters. The molecule has 3 atom stereocenters. The van der Waals surface area contributed by atoms with Crippen LogP contribution < -0.4 is 5.32 Å². The maximum absolute atomic E-state index is 12.8. The minimum Gasteiger partial charge on any atom is -0.372 e. The van der Waals surface area contributed by atoms with Crippen molar-refractivity contribution in [1.29, 1.82) is 0 Å². The van der Waals surface area contributed by atoms with E-state index in [0.29, 0.717) is 18.1 Å². The van der Waals surface area contributed by atoms with Crippen LogP contribution in [0.2, 0.25) is 0 Å². The quantitative estimate of drug-likeness (QED) is 0.695. The molecule has 4 nitrogen and oxygen atoms in total. The average molecular weight is 300 g/mol. The van der Waals surface area contributed by atoms with E-state index in [4.69, 9.17) is 4.74 Å². The number of epoxide rings is 1. The van der Waals surface area contributed by atoms with Gasteiger partial charge in [-0.1, -0.05) is 6.92 Å². The Morgan fingerprint density at radius 1 is 1.50 bits per heavy atom. The van der Waals surface area contributed by atoms with Crippen LogP contribution in [0.25, 0.3) is 0 Å². The van der Waals surface area contributed by atoms with Gasteiger partial charge in [-0.15, -0.1) is 0 Å². The zero-order valence-corrected chi connectivity index (χ0v) is 13.6. The van der Waals surface area contributed by atoms with Gasteiger partial charge in [-0.05, 0) is 44.1 Å². The molecule has 0 bridgehead atoms. The van der Waals surface area contributed by atoms with Crippen molar-refractivity contribution in [3.05, 3.63) is 0 Å². The van der Waals surface area contributed by atoms with E-state index in [0.717, 1.165) is 44.7 Å². The van der Waals surface area contributed by atoms with Crippen molar-refractivity contribution < 1.29 is 9.53 Å². The Morgan fingerprint density at radius 2 is 2.30 bits per heavy atom. The standard InChI is InChI=1S/C15H28N2O2S/c1-3-12-6-4-5-8-17(12)15(18)14(7-9-20-2)16-10-13-11-19-13/h12-14,16H,3-11H2,1-2H3. The Hall–Kier alpha value is -0.260. The molecule has 0 saturated carbocycles. The van der Waals surface area contributed by atoms with Gasteiger partial charge in [-0.2, -0.15) is 11.8 Å². The van der Waals surface area contributed by atoms with Crippen LogP contribution >= 0.6 is 11.8 Å². The SMILES string of the molecule is CCC1CCCCN1C(=O)C(CCSC)NCC1CO1. The first kappa shape index (κ1) is 16.1. The second-order valence-electron chi connectivity index (χ2n) is 5.79. The Morgan fingerprint density at radius 3 is 2.95 bits per heavy atom. The van der Waals surface area contributed by atoms with Crippen LogP contribution in [0.3, 0.4) is 0 Å². The predicted octanol–water partition coefficient (Wildman–Crippen LogP) is 1.89. The van der Waals surface area contributed by atoms with Crippen molar-refractivity contribution in [2.75, 3.05) is 31.7 Å². The lowest BCUT2D eigenvalue weighted by atomic mass is 9.98. The summed E-state index contributed by atoms with van der Waals surface area (Å²) in [5.41, 5.74) is 0. The van der Waals surface area contributed by atoms with Gasteiger partial charge >= 0.3 is 0 Å². The number of nitrogens with one attached hydrogen (secondary N) is 1.